The zero-order chi connectivity index (χ0) is 37.3. The lowest BCUT2D eigenvalue weighted by Gasteiger charge is -2.48. The Bertz CT molecular complexity index is 1970. The van der Waals surface area contributed by atoms with E-state index in [1.807, 2.05) is 0 Å². The number of aliphatic hydroxyl groups is 3. The van der Waals surface area contributed by atoms with Crippen LogP contribution in [0.5, 0.6) is 23.0 Å². The highest BCUT2D eigenvalue weighted by Crippen LogP contribution is 2.56. The summed E-state index contributed by atoms with van der Waals surface area (Å²) in [5, 5.41) is 57.0. The van der Waals surface area contributed by atoms with E-state index in [4.69, 9.17) is 23.7 Å². The van der Waals surface area contributed by atoms with Crippen molar-refractivity contribution in [3.8, 4) is 34.1 Å². The number of benzene rings is 2. The molecule has 2 heterocycles. The third kappa shape index (κ3) is 5.25. The fraction of sp³-hybridized carbons (Fsp3) is 0.417. The summed E-state index contributed by atoms with van der Waals surface area (Å²) >= 11 is 0. The van der Waals surface area contributed by atoms with Crippen LogP contribution in [0.4, 0.5) is 0 Å². The van der Waals surface area contributed by atoms with Crippen molar-refractivity contribution in [3.63, 3.8) is 0 Å². The van der Waals surface area contributed by atoms with Crippen LogP contribution in [0.1, 0.15) is 58.6 Å². The summed E-state index contributed by atoms with van der Waals surface area (Å²) in [5.74, 6) is -7.82. The minimum absolute atomic E-state index is 0.120. The standard InChI is InChI=1S/C36H36O15/c1-14-10-21(41)27-31(45)25-23(50-35(27,12-37)33(14)48-17(4)39)8-6-19(29(25)43)20-7-9-24-26(30(20)44)32(46)28-22(42)11-15(2)34(49-18(5)40)36(28,51-24)13-47-16(3)38/h6-9,14-15,33-34,37,43-46H,10-13H2,1-5H3/t14-,15-,33-,34-,35+,36?/m0/s1. The minimum atomic E-state index is -1.98. The number of hydrogen-bond donors (Lipinski definition) is 5. The highest BCUT2D eigenvalue weighted by molar-refractivity contribution is 6.08. The number of aliphatic hydroxyl groups excluding tert-OH is 3. The summed E-state index contributed by atoms with van der Waals surface area (Å²) in [6.45, 7) is 5.20. The maximum Gasteiger partial charge on any atom is 0.303 e. The average Bonchev–Trinajstić information content (AvgIpc) is 3.03. The highest BCUT2D eigenvalue weighted by atomic mass is 16.6. The van der Waals surface area contributed by atoms with Crippen LogP contribution in [0.15, 0.2) is 35.4 Å². The predicted molar refractivity (Wildman–Crippen MR) is 173 cm³/mol. The third-order valence-corrected chi connectivity index (χ3v) is 9.78. The molecule has 5 N–H and O–H groups in total. The molecular formula is C36H36O15. The van der Waals surface area contributed by atoms with Crippen LogP contribution in [-0.4, -0.2) is 91.6 Å². The van der Waals surface area contributed by atoms with Gasteiger partial charge in [-0.3, -0.25) is 24.0 Å². The molecule has 0 aromatic heterocycles. The number of fused-ring (bicyclic) bond motifs is 4. The molecule has 0 radical (unpaired) electrons. The van der Waals surface area contributed by atoms with Crippen molar-refractivity contribution in [1.29, 1.82) is 0 Å². The Labute approximate surface area is 290 Å². The molecule has 2 aromatic carbocycles. The van der Waals surface area contributed by atoms with Crippen LogP contribution in [0, 0.1) is 11.8 Å². The van der Waals surface area contributed by atoms with Gasteiger partial charge in [0, 0.05) is 56.6 Å². The van der Waals surface area contributed by atoms with E-state index < -0.39 is 112 Å². The maximum atomic E-state index is 13.5. The number of hydrogen-bond acceptors (Lipinski definition) is 15. The Balaban J connectivity index is 1.51. The first-order valence-corrected chi connectivity index (χ1v) is 16.1. The maximum absolute atomic E-state index is 13.5. The van der Waals surface area contributed by atoms with Crippen LogP contribution in [0.3, 0.4) is 0 Å². The Hall–Kier alpha value is -5.57. The Morgan fingerprint density at radius 3 is 1.53 bits per heavy atom. The van der Waals surface area contributed by atoms with Crippen LogP contribution in [0.25, 0.3) is 22.6 Å². The second kappa shape index (κ2) is 12.3. The minimum Gasteiger partial charge on any atom is -0.506 e. The van der Waals surface area contributed by atoms with Gasteiger partial charge in [0.05, 0.1) is 17.8 Å². The fourth-order valence-corrected chi connectivity index (χ4v) is 7.79. The van der Waals surface area contributed by atoms with Crippen molar-refractivity contribution in [2.45, 2.75) is 70.9 Å². The number of carbonyl (C=O) groups is 5. The number of rotatable bonds is 6. The first-order valence-electron chi connectivity index (χ1n) is 16.1. The Morgan fingerprint density at radius 1 is 0.706 bits per heavy atom. The van der Waals surface area contributed by atoms with Gasteiger partial charge in [0.15, 0.2) is 23.8 Å². The number of ketones is 2. The summed E-state index contributed by atoms with van der Waals surface area (Å²) < 4.78 is 28.7. The number of esters is 3. The van der Waals surface area contributed by atoms with Crippen molar-refractivity contribution >= 4 is 41.0 Å². The third-order valence-electron chi connectivity index (χ3n) is 9.78. The van der Waals surface area contributed by atoms with Gasteiger partial charge in [0.25, 0.3) is 0 Å². The molecule has 6 atom stereocenters. The molecule has 51 heavy (non-hydrogen) atoms. The van der Waals surface area contributed by atoms with Gasteiger partial charge in [-0.05, 0) is 24.3 Å². The quantitative estimate of drug-likeness (QED) is 0.214. The molecule has 6 rings (SSSR count). The molecule has 270 valence electrons. The van der Waals surface area contributed by atoms with Gasteiger partial charge in [-0.15, -0.1) is 0 Å². The summed E-state index contributed by atoms with van der Waals surface area (Å²) in [5.41, 5.74) is -5.72. The van der Waals surface area contributed by atoms with E-state index in [9.17, 15) is 49.5 Å². The molecule has 0 bridgehead atoms. The molecule has 2 aliphatic heterocycles. The van der Waals surface area contributed by atoms with Crippen LogP contribution in [-0.2, 0) is 38.2 Å². The van der Waals surface area contributed by atoms with Gasteiger partial charge in [-0.1, -0.05) is 13.8 Å². The predicted octanol–water partition coefficient (Wildman–Crippen LogP) is 3.20. The smallest absolute Gasteiger partial charge is 0.303 e. The number of aromatic hydroxyl groups is 2. The van der Waals surface area contributed by atoms with E-state index in [1.165, 1.54) is 24.3 Å². The molecule has 2 saturated carbocycles. The van der Waals surface area contributed by atoms with E-state index in [2.05, 4.69) is 0 Å². The van der Waals surface area contributed by atoms with Crippen LogP contribution in [0.2, 0.25) is 0 Å². The number of carbonyl (C=O) groups excluding carboxylic acids is 5. The number of phenolic OH excluding ortho intramolecular Hbond substituents is 2. The second-order valence-corrected chi connectivity index (χ2v) is 13.3. The molecule has 0 amide bonds. The summed E-state index contributed by atoms with van der Waals surface area (Å²) in [6.07, 6.45) is -2.74. The van der Waals surface area contributed by atoms with Crippen LogP contribution < -0.4 is 9.47 Å². The molecule has 0 saturated heterocycles. The molecule has 2 aromatic rings. The molecule has 15 heteroatoms. The van der Waals surface area contributed by atoms with E-state index >= 15 is 0 Å². The first-order chi connectivity index (χ1) is 24.0. The van der Waals surface area contributed by atoms with Crippen molar-refractivity contribution < 1.29 is 73.2 Å². The average molecular weight is 709 g/mol. The van der Waals surface area contributed by atoms with Gasteiger partial charge in [0.1, 0.15) is 52.3 Å². The van der Waals surface area contributed by atoms with Gasteiger partial charge in [-0.2, -0.15) is 0 Å². The van der Waals surface area contributed by atoms with Crippen molar-refractivity contribution in [1.82, 2.24) is 0 Å². The topological polar surface area (TPSA) is 233 Å². The van der Waals surface area contributed by atoms with Crippen LogP contribution >= 0.6 is 0 Å². The molecule has 2 aliphatic carbocycles. The lowest BCUT2D eigenvalue weighted by atomic mass is 9.69. The Morgan fingerprint density at radius 2 is 1.12 bits per heavy atom. The van der Waals surface area contributed by atoms with E-state index in [-0.39, 0.29) is 46.6 Å². The van der Waals surface area contributed by atoms with Gasteiger partial charge >= 0.3 is 17.9 Å². The van der Waals surface area contributed by atoms with Gasteiger partial charge in [0.2, 0.25) is 11.2 Å². The lowest BCUT2D eigenvalue weighted by molar-refractivity contribution is -0.177. The van der Waals surface area contributed by atoms with Crippen molar-refractivity contribution in [2.24, 2.45) is 11.8 Å². The number of phenols is 2. The molecule has 15 nitrogen and oxygen atoms in total. The normalized spacial score (nSPS) is 28.0. The molecule has 2 fully saturated rings. The molecular weight excluding hydrogens is 672 g/mol. The first kappa shape index (κ1) is 35.3. The molecule has 1 unspecified atom stereocenters. The largest absolute Gasteiger partial charge is 0.506 e. The Kier molecular flexibility index (Phi) is 8.53. The lowest BCUT2D eigenvalue weighted by Crippen LogP contribution is -2.63. The number of Topliss-reactive ketones (excluding diaryl/α,β-unsaturated/α-hetero) is 2. The monoisotopic (exact) mass is 708 g/mol. The molecule has 4 aliphatic rings. The SMILES string of the molecule is CC(=O)OCC12Oc3ccc(-c4ccc5c(c4O)C(O)=C4C(=O)C[C@H](C)[C@H](OC(C)=O)[C@]4(CO)O5)c(O)c3C(O)=C1C(=O)C[C@H](C)[C@@H]2OC(C)=O. The summed E-state index contributed by atoms with van der Waals surface area (Å²) in [4.78, 5) is 62.9. The van der Waals surface area contributed by atoms with E-state index in [0.717, 1.165) is 20.8 Å². The van der Waals surface area contributed by atoms with Crippen molar-refractivity contribution in [3.05, 3.63) is 46.5 Å². The zero-order valence-electron chi connectivity index (χ0n) is 28.3. The van der Waals surface area contributed by atoms with E-state index in [0.29, 0.717) is 0 Å². The highest BCUT2D eigenvalue weighted by Gasteiger charge is 2.61. The van der Waals surface area contributed by atoms with Gasteiger partial charge < -0.3 is 49.2 Å². The van der Waals surface area contributed by atoms with Gasteiger partial charge in [-0.25, -0.2) is 0 Å². The second-order valence-electron chi connectivity index (χ2n) is 13.3. The summed E-state index contributed by atoms with van der Waals surface area (Å²) in [6, 6.07) is 5.22. The van der Waals surface area contributed by atoms with E-state index in [1.54, 1.807) is 13.8 Å². The summed E-state index contributed by atoms with van der Waals surface area (Å²) in [7, 11) is 0. The van der Waals surface area contributed by atoms with Crippen molar-refractivity contribution in [2.75, 3.05) is 13.2 Å². The zero-order valence-corrected chi connectivity index (χ0v) is 28.3. The molecule has 0 spiro atoms. The fourth-order valence-electron chi connectivity index (χ4n) is 7.79. The number of ether oxygens (including phenoxy) is 5.